The molecule has 3 aromatic rings. The lowest BCUT2D eigenvalue weighted by molar-refractivity contribution is -0.135. The van der Waals surface area contributed by atoms with Crippen LogP contribution in [0.5, 0.6) is 0 Å². The molecule has 0 spiro atoms. The topological polar surface area (TPSA) is 72.5 Å². The van der Waals surface area contributed by atoms with Crippen molar-refractivity contribution in [3.63, 3.8) is 0 Å². The summed E-state index contributed by atoms with van der Waals surface area (Å²) in [5.74, 6) is -0.0399. The molecule has 0 aliphatic carbocycles. The summed E-state index contributed by atoms with van der Waals surface area (Å²) in [6.45, 7) is 2.67. The zero-order valence-electron chi connectivity index (χ0n) is 13.3. The molecule has 0 aromatic carbocycles. The summed E-state index contributed by atoms with van der Waals surface area (Å²) in [6, 6.07) is 6.88. The standard InChI is InChI=1S/C17H17N5O2/c1-12(22-9-4-7-18-22)16(23)20-10-6-14-13(11-20)17(24)21-8-3-2-5-15(21)19-14/h2-5,7-9,12H,6,10-11H2,1H3/t12-/m0/s1. The molecule has 1 amide bonds. The van der Waals surface area contributed by atoms with E-state index in [2.05, 4.69) is 10.1 Å². The number of hydrogen-bond acceptors (Lipinski definition) is 4. The molecule has 7 heteroatoms. The zero-order valence-corrected chi connectivity index (χ0v) is 13.3. The van der Waals surface area contributed by atoms with Crippen LogP contribution in [0, 0.1) is 0 Å². The molecule has 0 unspecified atom stereocenters. The maximum absolute atomic E-state index is 12.7. The maximum Gasteiger partial charge on any atom is 0.263 e. The van der Waals surface area contributed by atoms with Gasteiger partial charge in [0.1, 0.15) is 11.7 Å². The minimum atomic E-state index is -0.391. The highest BCUT2D eigenvalue weighted by Gasteiger charge is 2.28. The van der Waals surface area contributed by atoms with E-state index >= 15 is 0 Å². The Hall–Kier alpha value is -2.96. The molecule has 4 heterocycles. The van der Waals surface area contributed by atoms with Gasteiger partial charge in [0.2, 0.25) is 5.91 Å². The highest BCUT2D eigenvalue weighted by molar-refractivity contribution is 5.80. The Morgan fingerprint density at radius 1 is 1.25 bits per heavy atom. The summed E-state index contributed by atoms with van der Waals surface area (Å²) in [6.07, 6.45) is 5.72. The molecule has 1 aliphatic heterocycles. The Bertz CT molecular complexity index is 961. The fourth-order valence-electron chi connectivity index (χ4n) is 3.12. The van der Waals surface area contributed by atoms with Crippen LogP contribution in [-0.4, -0.2) is 36.5 Å². The normalized spacial score (nSPS) is 15.3. The zero-order chi connectivity index (χ0) is 16.7. The fraction of sp³-hybridized carbons (Fsp3) is 0.294. The summed E-state index contributed by atoms with van der Waals surface area (Å²) in [4.78, 5) is 31.7. The Kier molecular flexibility index (Phi) is 3.41. The Labute approximate surface area is 138 Å². The van der Waals surface area contributed by atoms with Crippen molar-refractivity contribution in [3.8, 4) is 0 Å². The number of fused-ring (bicyclic) bond motifs is 2. The summed E-state index contributed by atoms with van der Waals surface area (Å²) in [7, 11) is 0. The Morgan fingerprint density at radius 3 is 2.92 bits per heavy atom. The first kappa shape index (κ1) is 14.6. The predicted octanol–water partition coefficient (Wildman–Crippen LogP) is 1.04. The van der Waals surface area contributed by atoms with Crippen LogP contribution in [0.2, 0.25) is 0 Å². The summed E-state index contributed by atoms with van der Waals surface area (Å²) in [5, 5.41) is 4.13. The first-order chi connectivity index (χ1) is 11.6. The van der Waals surface area contributed by atoms with Crippen molar-refractivity contribution in [2.45, 2.75) is 25.9 Å². The molecule has 0 bridgehead atoms. The molecule has 0 fully saturated rings. The van der Waals surface area contributed by atoms with Crippen LogP contribution in [0.1, 0.15) is 24.2 Å². The fourth-order valence-corrected chi connectivity index (χ4v) is 3.12. The molecule has 0 saturated carbocycles. The van der Waals surface area contributed by atoms with Crippen LogP contribution < -0.4 is 5.56 Å². The van der Waals surface area contributed by atoms with E-state index < -0.39 is 6.04 Å². The third-order valence-electron chi connectivity index (χ3n) is 4.47. The molecule has 1 atom stereocenters. The van der Waals surface area contributed by atoms with E-state index in [0.29, 0.717) is 30.7 Å². The van der Waals surface area contributed by atoms with Crippen molar-refractivity contribution in [2.75, 3.05) is 6.54 Å². The van der Waals surface area contributed by atoms with Crippen LogP contribution >= 0.6 is 0 Å². The van der Waals surface area contributed by atoms with E-state index in [0.717, 1.165) is 5.69 Å². The van der Waals surface area contributed by atoms with Gasteiger partial charge < -0.3 is 4.90 Å². The molecular weight excluding hydrogens is 306 g/mol. The molecule has 0 saturated heterocycles. The molecule has 3 aromatic heterocycles. The molecule has 0 radical (unpaired) electrons. The monoisotopic (exact) mass is 323 g/mol. The van der Waals surface area contributed by atoms with Gasteiger partial charge in [-0.2, -0.15) is 5.10 Å². The summed E-state index contributed by atoms with van der Waals surface area (Å²) >= 11 is 0. The van der Waals surface area contributed by atoms with Gasteiger partial charge in [-0.3, -0.25) is 18.7 Å². The second kappa shape index (κ2) is 5.59. The van der Waals surface area contributed by atoms with Gasteiger partial charge in [0.15, 0.2) is 0 Å². The second-order valence-electron chi connectivity index (χ2n) is 5.94. The lowest BCUT2D eigenvalue weighted by Gasteiger charge is -2.30. The highest BCUT2D eigenvalue weighted by atomic mass is 16.2. The highest BCUT2D eigenvalue weighted by Crippen LogP contribution is 2.18. The van der Waals surface area contributed by atoms with Crippen LogP contribution in [0.3, 0.4) is 0 Å². The van der Waals surface area contributed by atoms with E-state index in [9.17, 15) is 9.59 Å². The quantitative estimate of drug-likeness (QED) is 0.706. The second-order valence-corrected chi connectivity index (χ2v) is 5.94. The molecule has 24 heavy (non-hydrogen) atoms. The first-order valence-corrected chi connectivity index (χ1v) is 7.92. The van der Waals surface area contributed by atoms with E-state index in [1.165, 1.54) is 4.40 Å². The van der Waals surface area contributed by atoms with Crippen LogP contribution in [0.15, 0.2) is 47.7 Å². The number of pyridine rings is 1. The van der Waals surface area contributed by atoms with Crippen molar-refractivity contribution < 1.29 is 4.79 Å². The summed E-state index contributed by atoms with van der Waals surface area (Å²) < 4.78 is 3.16. The smallest absolute Gasteiger partial charge is 0.263 e. The molecule has 4 rings (SSSR count). The van der Waals surface area contributed by atoms with Crippen LogP contribution in [0.4, 0.5) is 0 Å². The van der Waals surface area contributed by atoms with E-state index in [4.69, 9.17) is 0 Å². The van der Waals surface area contributed by atoms with Gasteiger partial charge in [0, 0.05) is 31.6 Å². The van der Waals surface area contributed by atoms with Crippen molar-refractivity contribution in [2.24, 2.45) is 0 Å². The van der Waals surface area contributed by atoms with Crippen LogP contribution in [0.25, 0.3) is 5.65 Å². The largest absolute Gasteiger partial charge is 0.336 e. The molecule has 122 valence electrons. The van der Waals surface area contributed by atoms with E-state index in [1.807, 2.05) is 19.1 Å². The first-order valence-electron chi connectivity index (χ1n) is 7.92. The van der Waals surface area contributed by atoms with Crippen molar-refractivity contribution in [1.29, 1.82) is 0 Å². The average Bonchev–Trinajstić information content (AvgIpc) is 3.15. The van der Waals surface area contributed by atoms with Gasteiger partial charge in [0.25, 0.3) is 5.56 Å². The number of aromatic nitrogens is 4. The van der Waals surface area contributed by atoms with Gasteiger partial charge >= 0.3 is 0 Å². The number of carbonyl (C=O) groups excluding carboxylic acids is 1. The van der Waals surface area contributed by atoms with Crippen molar-refractivity contribution in [1.82, 2.24) is 24.1 Å². The molecule has 0 N–H and O–H groups in total. The number of amides is 1. The Balaban J connectivity index is 1.67. The number of carbonyl (C=O) groups is 1. The maximum atomic E-state index is 12.7. The van der Waals surface area contributed by atoms with Crippen molar-refractivity contribution >= 4 is 11.6 Å². The number of nitrogens with zero attached hydrogens (tertiary/aromatic N) is 5. The average molecular weight is 323 g/mol. The molecule has 1 aliphatic rings. The summed E-state index contributed by atoms with van der Waals surface area (Å²) in [5.41, 5.74) is 1.94. The lowest BCUT2D eigenvalue weighted by Crippen LogP contribution is -2.42. The predicted molar refractivity (Wildman–Crippen MR) is 87.5 cm³/mol. The van der Waals surface area contributed by atoms with E-state index in [1.54, 1.807) is 40.3 Å². The third kappa shape index (κ3) is 2.29. The lowest BCUT2D eigenvalue weighted by atomic mass is 10.1. The van der Waals surface area contributed by atoms with Gasteiger partial charge in [-0.15, -0.1) is 0 Å². The van der Waals surface area contributed by atoms with Gasteiger partial charge in [-0.1, -0.05) is 6.07 Å². The Morgan fingerprint density at radius 2 is 2.12 bits per heavy atom. The SMILES string of the molecule is C[C@@H](C(=O)N1CCc2nc3ccccn3c(=O)c2C1)n1cccn1. The molecular formula is C17H17N5O2. The number of hydrogen-bond donors (Lipinski definition) is 0. The van der Waals surface area contributed by atoms with Gasteiger partial charge in [-0.25, -0.2) is 4.98 Å². The number of rotatable bonds is 2. The van der Waals surface area contributed by atoms with E-state index in [-0.39, 0.29) is 11.5 Å². The third-order valence-corrected chi connectivity index (χ3v) is 4.47. The van der Waals surface area contributed by atoms with Gasteiger partial charge in [0.05, 0.1) is 17.8 Å². The minimum absolute atomic E-state index is 0.0399. The van der Waals surface area contributed by atoms with Gasteiger partial charge in [-0.05, 0) is 25.1 Å². The minimum Gasteiger partial charge on any atom is -0.336 e. The van der Waals surface area contributed by atoms with Crippen LogP contribution in [-0.2, 0) is 17.8 Å². The van der Waals surface area contributed by atoms with Crippen molar-refractivity contribution in [3.05, 3.63) is 64.5 Å². The molecule has 7 nitrogen and oxygen atoms in total.